The Morgan fingerprint density at radius 2 is 2.03 bits per heavy atom. The van der Waals surface area contributed by atoms with Gasteiger partial charge in [-0.25, -0.2) is 9.97 Å². The Kier molecular flexibility index (Phi) is 6.52. The van der Waals surface area contributed by atoms with Gasteiger partial charge in [0.15, 0.2) is 5.72 Å². The van der Waals surface area contributed by atoms with Crippen molar-refractivity contribution in [2.45, 2.75) is 45.4 Å². The molecule has 33 heavy (non-hydrogen) atoms. The number of fused-ring (bicyclic) bond motifs is 1. The highest BCUT2D eigenvalue weighted by Crippen LogP contribution is 2.40. The molecule has 0 radical (unpaired) electrons. The molecule has 0 spiro atoms. The highest BCUT2D eigenvalue weighted by atomic mass is 32.1. The highest BCUT2D eigenvalue weighted by molar-refractivity contribution is 7.21. The maximum atomic E-state index is 11.2. The van der Waals surface area contributed by atoms with Gasteiger partial charge in [-0.3, -0.25) is 4.98 Å². The van der Waals surface area contributed by atoms with E-state index in [4.69, 9.17) is 0 Å². The van der Waals surface area contributed by atoms with E-state index in [0.717, 1.165) is 10.2 Å². The average molecular weight is 475 g/mol. The summed E-state index contributed by atoms with van der Waals surface area (Å²) in [6, 6.07) is 1.88. The summed E-state index contributed by atoms with van der Waals surface area (Å²) in [6.45, 7) is 5.89. The molecule has 0 aromatic carbocycles. The van der Waals surface area contributed by atoms with Crippen LogP contribution in [0.2, 0.25) is 0 Å². The number of pyridine rings is 1. The summed E-state index contributed by atoms with van der Waals surface area (Å²) in [5.41, 5.74) is -0.0230. The second-order valence-electron chi connectivity index (χ2n) is 9.37. The fourth-order valence-corrected chi connectivity index (χ4v) is 4.92. The number of aliphatic hydroxyl groups excluding tert-OH is 3. The lowest BCUT2D eigenvalue weighted by Gasteiger charge is -2.31. The molecule has 10 nitrogen and oxygen atoms in total. The van der Waals surface area contributed by atoms with Gasteiger partial charge in [-0.1, -0.05) is 13.8 Å². The molecule has 1 saturated carbocycles. The minimum absolute atomic E-state index is 0.00357. The van der Waals surface area contributed by atoms with Crippen LogP contribution in [-0.4, -0.2) is 71.9 Å². The predicted molar refractivity (Wildman–Crippen MR) is 127 cm³/mol. The molecular weight excluding hydrogens is 444 g/mol. The van der Waals surface area contributed by atoms with E-state index in [1.54, 1.807) is 12.4 Å². The van der Waals surface area contributed by atoms with Crippen LogP contribution in [0.1, 0.15) is 32.4 Å². The summed E-state index contributed by atoms with van der Waals surface area (Å²) < 4.78 is 0.956. The van der Waals surface area contributed by atoms with Crippen LogP contribution >= 0.6 is 11.3 Å². The fraction of sp³-hybridized carbons (Fsp3) is 0.545. The largest absolute Gasteiger partial charge is 0.396 e. The van der Waals surface area contributed by atoms with E-state index in [1.807, 2.05) is 26.8 Å². The quantitative estimate of drug-likeness (QED) is 0.266. The average Bonchev–Trinajstić information content (AvgIpc) is 3.33. The van der Waals surface area contributed by atoms with Gasteiger partial charge in [0.05, 0.1) is 22.2 Å². The molecule has 178 valence electrons. The Bertz CT molecular complexity index is 1110. The lowest BCUT2D eigenvalue weighted by atomic mass is 9.95. The Morgan fingerprint density at radius 3 is 2.70 bits per heavy atom. The molecule has 6 N–H and O–H groups in total. The first kappa shape index (κ1) is 23.7. The van der Waals surface area contributed by atoms with Crippen LogP contribution in [-0.2, 0) is 0 Å². The molecule has 3 aromatic heterocycles. The zero-order valence-electron chi connectivity index (χ0n) is 18.9. The summed E-state index contributed by atoms with van der Waals surface area (Å²) in [4.78, 5) is 18.0. The molecule has 3 heterocycles. The molecular formula is C22H30N6O4S. The number of rotatable bonds is 8. The van der Waals surface area contributed by atoms with Gasteiger partial charge in [-0.05, 0) is 25.8 Å². The van der Waals surface area contributed by atoms with E-state index in [2.05, 4.69) is 30.6 Å². The van der Waals surface area contributed by atoms with Gasteiger partial charge in [-0.15, -0.1) is 11.3 Å². The number of hydrogen-bond acceptors (Lipinski definition) is 11. The molecule has 0 amide bonds. The van der Waals surface area contributed by atoms with Crippen LogP contribution in [0.3, 0.4) is 0 Å². The molecule has 1 aliphatic rings. The summed E-state index contributed by atoms with van der Waals surface area (Å²) in [7, 11) is 0. The third-order valence-corrected chi connectivity index (χ3v) is 7.10. The van der Waals surface area contributed by atoms with Crippen LogP contribution in [0, 0.1) is 18.3 Å². The molecule has 3 aromatic rings. The summed E-state index contributed by atoms with van der Waals surface area (Å²) in [5.74, 6) is 0.238. The molecule has 1 aliphatic carbocycles. The number of aryl methyl sites for hydroxylation is 1. The first-order valence-corrected chi connectivity index (χ1v) is 11.7. The van der Waals surface area contributed by atoms with Crippen molar-refractivity contribution in [3.8, 4) is 10.6 Å². The maximum Gasteiger partial charge on any atom is 0.224 e. The lowest BCUT2D eigenvalue weighted by Crippen LogP contribution is -2.48. The Labute approximate surface area is 195 Å². The van der Waals surface area contributed by atoms with E-state index in [0.29, 0.717) is 41.0 Å². The summed E-state index contributed by atoms with van der Waals surface area (Å²) in [5, 5.41) is 47.8. The molecule has 1 fully saturated rings. The third-order valence-electron chi connectivity index (χ3n) is 6.05. The number of anilines is 2. The van der Waals surface area contributed by atoms with Gasteiger partial charge in [0, 0.05) is 37.3 Å². The summed E-state index contributed by atoms with van der Waals surface area (Å²) in [6.07, 6.45) is 2.96. The fourth-order valence-electron chi connectivity index (χ4n) is 3.89. The van der Waals surface area contributed by atoms with E-state index in [1.165, 1.54) is 11.3 Å². The number of hydrogen-bond donors (Lipinski definition) is 6. The van der Waals surface area contributed by atoms with E-state index in [9.17, 15) is 20.4 Å². The third kappa shape index (κ3) is 4.78. The van der Waals surface area contributed by atoms with Gasteiger partial charge >= 0.3 is 0 Å². The molecule has 0 aliphatic heterocycles. The topological polar surface area (TPSA) is 157 Å². The smallest absolute Gasteiger partial charge is 0.224 e. The maximum absolute atomic E-state index is 11.2. The van der Waals surface area contributed by atoms with Crippen molar-refractivity contribution < 1.29 is 20.4 Å². The van der Waals surface area contributed by atoms with E-state index >= 15 is 0 Å². The first-order valence-electron chi connectivity index (χ1n) is 10.9. The van der Waals surface area contributed by atoms with Gasteiger partial charge in [0.1, 0.15) is 22.4 Å². The summed E-state index contributed by atoms with van der Waals surface area (Å²) >= 11 is 1.46. The van der Waals surface area contributed by atoms with Crippen molar-refractivity contribution >= 4 is 33.3 Å². The van der Waals surface area contributed by atoms with Crippen molar-refractivity contribution in [3.63, 3.8) is 0 Å². The molecule has 0 bridgehead atoms. The van der Waals surface area contributed by atoms with Crippen LogP contribution in [0.5, 0.6) is 0 Å². The zero-order valence-corrected chi connectivity index (χ0v) is 19.7. The van der Waals surface area contributed by atoms with Gasteiger partial charge in [0.2, 0.25) is 5.95 Å². The minimum atomic E-state index is -1.65. The number of thiazole rings is 1. The van der Waals surface area contributed by atoms with Crippen LogP contribution < -0.4 is 10.6 Å². The first-order chi connectivity index (χ1) is 15.7. The van der Waals surface area contributed by atoms with Crippen molar-refractivity contribution in [1.29, 1.82) is 0 Å². The monoisotopic (exact) mass is 474 g/mol. The van der Waals surface area contributed by atoms with Crippen LogP contribution in [0.15, 0.2) is 18.5 Å². The second kappa shape index (κ2) is 9.07. The van der Waals surface area contributed by atoms with E-state index < -0.39 is 17.7 Å². The lowest BCUT2D eigenvalue weighted by molar-refractivity contribution is -0.0545. The van der Waals surface area contributed by atoms with Gasteiger partial charge < -0.3 is 31.1 Å². The van der Waals surface area contributed by atoms with Crippen molar-refractivity contribution in [1.82, 2.24) is 19.9 Å². The standard InChI is InChI=1S/C22H30N6O4S/c1-12-16(19-26-14-8-23-7-5-15(14)33-19)18(27-20(25-12)24-10-21(2,3)11-30)28-22(32)6-4-13(9-29)17(22)31/h5,7-8,13,17,29-32H,4,6,9-11H2,1-3H3,(H2,24,25,27,28). The SMILES string of the molecule is Cc1nc(NCC(C)(C)CO)nc(NC2(O)CCC(CO)C2O)c1-c1nc2cnccc2s1. The van der Waals surface area contributed by atoms with Crippen molar-refractivity contribution in [2.24, 2.45) is 11.3 Å². The predicted octanol–water partition coefficient (Wildman–Crippen LogP) is 1.75. The minimum Gasteiger partial charge on any atom is -0.396 e. The molecule has 11 heteroatoms. The normalized spacial score (nSPS) is 23.2. The zero-order chi connectivity index (χ0) is 23.8. The van der Waals surface area contributed by atoms with Crippen molar-refractivity contribution in [3.05, 3.63) is 24.2 Å². The van der Waals surface area contributed by atoms with Crippen molar-refractivity contribution in [2.75, 3.05) is 30.4 Å². The van der Waals surface area contributed by atoms with Crippen LogP contribution in [0.25, 0.3) is 20.8 Å². The molecule has 3 atom stereocenters. The second-order valence-corrected chi connectivity index (χ2v) is 10.4. The number of nitrogens with zero attached hydrogens (tertiary/aromatic N) is 4. The van der Waals surface area contributed by atoms with Crippen LogP contribution in [0.4, 0.5) is 11.8 Å². The highest BCUT2D eigenvalue weighted by Gasteiger charge is 2.47. The molecule has 3 unspecified atom stereocenters. The number of aliphatic hydroxyl groups is 4. The molecule has 4 rings (SSSR count). The molecule has 0 saturated heterocycles. The van der Waals surface area contributed by atoms with Gasteiger partial charge in [-0.2, -0.15) is 4.98 Å². The van der Waals surface area contributed by atoms with E-state index in [-0.39, 0.29) is 25.0 Å². The number of nitrogens with one attached hydrogen (secondary N) is 2. The Morgan fingerprint density at radius 1 is 1.24 bits per heavy atom. The Balaban J connectivity index is 1.76. The van der Waals surface area contributed by atoms with Gasteiger partial charge in [0.25, 0.3) is 0 Å². The number of aromatic nitrogens is 4. The Hall–Kier alpha value is -2.44.